The van der Waals surface area contributed by atoms with Crippen molar-refractivity contribution < 1.29 is 14.3 Å². The van der Waals surface area contributed by atoms with Gasteiger partial charge >= 0.3 is 6.03 Å². The highest BCUT2D eigenvalue weighted by Crippen LogP contribution is 2.30. The van der Waals surface area contributed by atoms with Gasteiger partial charge in [-0.3, -0.25) is 4.79 Å². The summed E-state index contributed by atoms with van der Waals surface area (Å²) in [5.41, 5.74) is 0. The number of hydrogen-bond acceptors (Lipinski definition) is 4. The summed E-state index contributed by atoms with van der Waals surface area (Å²) in [6, 6.07) is 7.95. The standard InChI is InChI=1S/C19H27N3O3S/c1-20(2)19(24)21-10-14-7-8-15(12-21)22(11-14)18(23)13-26-17-6-4-5-16(9-17)25-3/h4-6,9,14-15H,7-8,10-13H2,1-3H3/t14-,15+/m0/s1. The van der Waals surface area contributed by atoms with Crippen LogP contribution in [0.4, 0.5) is 4.79 Å². The van der Waals surface area contributed by atoms with Crippen LogP contribution in [0.2, 0.25) is 0 Å². The minimum Gasteiger partial charge on any atom is -0.497 e. The summed E-state index contributed by atoms with van der Waals surface area (Å²) in [7, 11) is 5.20. The van der Waals surface area contributed by atoms with Gasteiger partial charge in [-0.2, -0.15) is 0 Å². The number of carbonyl (C=O) groups is 2. The van der Waals surface area contributed by atoms with Gasteiger partial charge in [0.2, 0.25) is 5.91 Å². The molecule has 0 aliphatic carbocycles. The lowest BCUT2D eigenvalue weighted by Gasteiger charge is -2.36. The molecule has 3 aliphatic heterocycles. The molecular formula is C19H27N3O3S. The van der Waals surface area contributed by atoms with E-state index in [0.717, 1.165) is 36.6 Å². The topological polar surface area (TPSA) is 53.1 Å². The van der Waals surface area contributed by atoms with Gasteiger partial charge in [-0.05, 0) is 37.0 Å². The molecule has 0 radical (unpaired) electrons. The Kier molecular flexibility index (Phi) is 5.96. The van der Waals surface area contributed by atoms with Crippen LogP contribution < -0.4 is 4.74 Å². The van der Waals surface area contributed by atoms with E-state index in [0.29, 0.717) is 18.2 Å². The zero-order chi connectivity index (χ0) is 18.7. The molecule has 2 bridgehead atoms. The highest BCUT2D eigenvalue weighted by Gasteiger charge is 2.38. The highest BCUT2D eigenvalue weighted by atomic mass is 32.2. The Morgan fingerprint density at radius 3 is 2.77 bits per heavy atom. The van der Waals surface area contributed by atoms with Crippen molar-refractivity contribution in [3.8, 4) is 5.75 Å². The smallest absolute Gasteiger partial charge is 0.319 e. The Labute approximate surface area is 159 Å². The Balaban J connectivity index is 1.62. The monoisotopic (exact) mass is 377 g/mol. The fourth-order valence-electron chi connectivity index (χ4n) is 3.75. The molecule has 2 atom stereocenters. The first-order chi connectivity index (χ1) is 12.5. The van der Waals surface area contributed by atoms with Crippen LogP contribution in [0.3, 0.4) is 0 Å². The average molecular weight is 378 g/mol. The molecule has 4 rings (SSSR count). The van der Waals surface area contributed by atoms with Crippen molar-refractivity contribution in [2.24, 2.45) is 5.92 Å². The van der Waals surface area contributed by atoms with Gasteiger partial charge in [0.05, 0.1) is 12.9 Å². The maximum Gasteiger partial charge on any atom is 0.319 e. The van der Waals surface area contributed by atoms with E-state index in [-0.39, 0.29) is 18.0 Å². The van der Waals surface area contributed by atoms with Gasteiger partial charge in [-0.15, -0.1) is 11.8 Å². The third-order valence-corrected chi connectivity index (χ3v) is 6.07. The number of rotatable bonds is 4. The minimum atomic E-state index is 0.0435. The number of ether oxygens (including phenoxy) is 1. The van der Waals surface area contributed by atoms with Gasteiger partial charge < -0.3 is 19.4 Å². The van der Waals surface area contributed by atoms with Crippen LogP contribution in [0.25, 0.3) is 0 Å². The normalized spacial score (nSPS) is 22.1. The van der Waals surface area contributed by atoms with Crippen molar-refractivity contribution in [2.45, 2.75) is 23.8 Å². The summed E-state index contributed by atoms with van der Waals surface area (Å²) < 4.78 is 5.24. The number of amides is 3. The first-order valence-electron chi connectivity index (χ1n) is 9.00. The molecular weight excluding hydrogens is 350 g/mol. The van der Waals surface area contributed by atoms with Crippen molar-refractivity contribution in [1.29, 1.82) is 0 Å². The lowest BCUT2D eigenvalue weighted by molar-refractivity contribution is -0.132. The van der Waals surface area contributed by atoms with Gasteiger partial charge in [0, 0.05) is 44.7 Å². The largest absolute Gasteiger partial charge is 0.497 e. The Hall–Kier alpha value is -1.89. The molecule has 3 heterocycles. The summed E-state index contributed by atoms with van der Waals surface area (Å²) >= 11 is 1.54. The molecule has 1 aromatic rings. The van der Waals surface area contributed by atoms with E-state index in [2.05, 4.69) is 0 Å². The van der Waals surface area contributed by atoms with Crippen molar-refractivity contribution in [2.75, 3.05) is 46.6 Å². The maximum atomic E-state index is 12.8. The molecule has 0 aromatic heterocycles. The number of piperidine rings is 1. The number of thioether (sulfide) groups is 1. The predicted octanol–water partition coefficient (Wildman–Crippen LogP) is 2.39. The fourth-order valence-corrected chi connectivity index (χ4v) is 4.58. The lowest BCUT2D eigenvalue weighted by Crippen LogP contribution is -2.49. The molecule has 0 N–H and O–H groups in total. The average Bonchev–Trinajstić information content (AvgIpc) is 2.97. The first-order valence-corrected chi connectivity index (χ1v) is 9.99. The second kappa shape index (κ2) is 8.20. The molecule has 3 saturated heterocycles. The second-order valence-electron chi connectivity index (χ2n) is 7.19. The summed E-state index contributed by atoms with van der Waals surface area (Å²) in [5, 5.41) is 0. The van der Waals surface area contributed by atoms with E-state index in [1.165, 1.54) is 11.8 Å². The van der Waals surface area contributed by atoms with Gasteiger partial charge in [0.15, 0.2) is 0 Å². The summed E-state index contributed by atoms with van der Waals surface area (Å²) in [4.78, 5) is 31.8. The van der Waals surface area contributed by atoms with E-state index in [1.54, 1.807) is 26.1 Å². The van der Waals surface area contributed by atoms with Crippen molar-refractivity contribution in [3.05, 3.63) is 24.3 Å². The van der Waals surface area contributed by atoms with E-state index in [1.807, 2.05) is 34.1 Å². The summed E-state index contributed by atoms with van der Waals surface area (Å²) in [5.74, 6) is 1.75. The van der Waals surface area contributed by atoms with E-state index in [4.69, 9.17) is 4.74 Å². The van der Waals surface area contributed by atoms with Crippen LogP contribution in [0.15, 0.2) is 29.2 Å². The van der Waals surface area contributed by atoms with Gasteiger partial charge in [0.1, 0.15) is 5.75 Å². The summed E-state index contributed by atoms with van der Waals surface area (Å²) in [6.07, 6.45) is 2.08. The number of benzene rings is 1. The summed E-state index contributed by atoms with van der Waals surface area (Å²) in [6.45, 7) is 2.16. The lowest BCUT2D eigenvalue weighted by atomic mass is 9.95. The zero-order valence-corrected chi connectivity index (χ0v) is 16.5. The molecule has 7 heteroatoms. The molecule has 26 heavy (non-hydrogen) atoms. The van der Waals surface area contributed by atoms with Crippen LogP contribution in [0.5, 0.6) is 5.75 Å². The van der Waals surface area contributed by atoms with Crippen molar-refractivity contribution in [3.63, 3.8) is 0 Å². The molecule has 6 nitrogen and oxygen atoms in total. The Morgan fingerprint density at radius 2 is 2.04 bits per heavy atom. The van der Waals surface area contributed by atoms with E-state index < -0.39 is 0 Å². The van der Waals surface area contributed by atoms with E-state index >= 15 is 0 Å². The van der Waals surface area contributed by atoms with Gasteiger partial charge in [-0.25, -0.2) is 4.79 Å². The first kappa shape index (κ1) is 18.9. The van der Waals surface area contributed by atoms with Crippen molar-refractivity contribution >= 4 is 23.7 Å². The molecule has 142 valence electrons. The van der Waals surface area contributed by atoms with Crippen LogP contribution in [0.1, 0.15) is 12.8 Å². The van der Waals surface area contributed by atoms with Crippen LogP contribution >= 0.6 is 11.8 Å². The van der Waals surface area contributed by atoms with Crippen LogP contribution in [0, 0.1) is 5.92 Å². The van der Waals surface area contributed by atoms with Gasteiger partial charge in [-0.1, -0.05) is 6.07 Å². The number of carbonyl (C=O) groups excluding carboxylic acids is 2. The van der Waals surface area contributed by atoms with Crippen LogP contribution in [-0.2, 0) is 4.79 Å². The molecule has 0 spiro atoms. The van der Waals surface area contributed by atoms with E-state index in [9.17, 15) is 9.59 Å². The second-order valence-corrected chi connectivity index (χ2v) is 8.24. The molecule has 3 aliphatic rings. The highest BCUT2D eigenvalue weighted by molar-refractivity contribution is 8.00. The maximum absolute atomic E-state index is 12.8. The number of fused-ring (bicyclic) bond motifs is 4. The molecule has 0 unspecified atom stereocenters. The van der Waals surface area contributed by atoms with Crippen molar-refractivity contribution in [1.82, 2.24) is 14.7 Å². The predicted molar refractivity (Wildman–Crippen MR) is 103 cm³/mol. The quantitative estimate of drug-likeness (QED) is 0.756. The number of hydrogen-bond donors (Lipinski definition) is 0. The molecule has 0 saturated carbocycles. The third-order valence-electron chi connectivity index (χ3n) is 5.09. The third kappa shape index (κ3) is 4.26. The number of methoxy groups -OCH3 is 1. The number of urea groups is 1. The SMILES string of the molecule is COc1cccc(SCC(=O)N2C[C@H]3CC[C@@H]2CN(C(=O)N(C)C)C3)c1. The number of nitrogens with zero attached hydrogens (tertiary/aromatic N) is 3. The molecule has 3 amide bonds. The molecule has 1 aromatic carbocycles. The zero-order valence-electron chi connectivity index (χ0n) is 15.7. The Morgan fingerprint density at radius 1 is 1.23 bits per heavy atom. The van der Waals surface area contributed by atoms with Gasteiger partial charge in [0.25, 0.3) is 0 Å². The minimum absolute atomic E-state index is 0.0435. The molecule has 3 fully saturated rings. The fraction of sp³-hybridized carbons (Fsp3) is 0.579. The Bertz CT molecular complexity index is 667. The van der Waals surface area contributed by atoms with Crippen LogP contribution in [-0.4, -0.2) is 79.3 Å².